The topological polar surface area (TPSA) is 85.1 Å². The van der Waals surface area contributed by atoms with Gasteiger partial charge in [0, 0.05) is 59.3 Å². The molecule has 1 saturated carbocycles. The Kier molecular flexibility index (Phi) is 15.0. The number of hydrogen-bond donors (Lipinski definition) is 4. The van der Waals surface area contributed by atoms with Crippen molar-refractivity contribution >= 4 is 49.3 Å². The van der Waals surface area contributed by atoms with Gasteiger partial charge in [0.25, 0.3) is 0 Å². The van der Waals surface area contributed by atoms with Crippen molar-refractivity contribution in [2.45, 2.75) is 44.3 Å². The molecule has 10 aromatic rings. The number of aliphatic imine (C=N–C) groups is 1. The Labute approximate surface area is 414 Å². The van der Waals surface area contributed by atoms with Gasteiger partial charge in [-0.05, 0) is 90.3 Å². The number of aliphatic hydroxyl groups excluding tert-OH is 1. The Bertz CT molecular complexity index is 3390. The second-order valence-corrected chi connectivity index (χ2v) is 17.2. The molecule has 0 saturated heterocycles. The maximum atomic E-state index is 12.5. The van der Waals surface area contributed by atoms with Crippen LogP contribution in [0, 0.1) is 7.43 Å². The van der Waals surface area contributed by atoms with Crippen LogP contribution in [0.3, 0.4) is 0 Å². The molecule has 10 aromatic carbocycles. The van der Waals surface area contributed by atoms with Gasteiger partial charge in [0.05, 0.1) is 6.04 Å². The number of hydrogen-bond acceptors (Lipinski definition) is 5. The van der Waals surface area contributed by atoms with Crippen LogP contribution in [0.25, 0.3) is 87.6 Å². The third-order valence-electron chi connectivity index (χ3n) is 13.4. The minimum Gasteiger partial charge on any atom is -0.507 e. The molecule has 0 heterocycles. The van der Waals surface area contributed by atoms with Crippen molar-refractivity contribution in [1.82, 2.24) is 5.32 Å². The van der Waals surface area contributed by atoms with Crippen molar-refractivity contribution in [1.29, 1.82) is 0 Å². The first kappa shape index (κ1) is 47.6. The van der Waals surface area contributed by atoms with Crippen LogP contribution in [0.5, 0.6) is 11.5 Å². The van der Waals surface area contributed by atoms with Crippen LogP contribution >= 0.6 is 0 Å². The number of fused-ring (bicyclic) bond motifs is 4. The third kappa shape index (κ3) is 9.11. The normalized spacial score (nSPS) is 14.6. The molecule has 2 atom stereocenters. The fraction of sp³-hybridized carbons (Fsp3) is 0.129. The second-order valence-electron chi connectivity index (χ2n) is 17.2. The van der Waals surface area contributed by atoms with Gasteiger partial charge >= 0.3 is 21.7 Å². The van der Waals surface area contributed by atoms with Crippen molar-refractivity contribution in [2.75, 3.05) is 7.11 Å². The van der Waals surface area contributed by atoms with E-state index in [2.05, 4.69) is 181 Å². The van der Waals surface area contributed by atoms with Crippen LogP contribution in [0.2, 0.25) is 0 Å². The number of aliphatic hydroxyl groups is 1. The third-order valence-corrected chi connectivity index (χ3v) is 13.4. The van der Waals surface area contributed by atoms with E-state index < -0.39 is 0 Å². The molecule has 0 amide bonds. The van der Waals surface area contributed by atoms with Gasteiger partial charge in [0.15, 0.2) is 0 Å². The Morgan fingerprint density at radius 2 is 0.912 bits per heavy atom. The summed E-state index contributed by atoms with van der Waals surface area (Å²) in [4.78, 5) is 5.30. The first-order valence-electron chi connectivity index (χ1n) is 23.0. The average Bonchev–Trinajstić information content (AvgIpc) is 3.38. The Hall–Kier alpha value is -6.86. The summed E-state index contributed by atoms with van der Waals surface area (Å²) in [7, 11) is 1.00. The molecule has 1 aliphatic carbocycles. The summed E-state index contributed by atoms with van der Waals surface area (Å²) in [5.74, 6) is 0.528. The summed E-state index contributed by atoms with van der Waals surface area (Å²) in [6.45, 7) is 0.487. The van der Waals surface area contributed by atoms with Crippen LogP contribution in [0.1, 0.15) is 36.8 Å². The van der Waals surface area contributed by atoms with Crippen LogP contribution in [0.15, 0.2) is 199 Å². The molecule has 11 rings (SSSR count). The summed E-state index contributed by atoms with van der Waals surface area (Å²) in [6.07, 6.45) is 5.99. The van der Waals surface area contributed by atoms with Gasteiger partial charge in [-0.25, -0.2) is 0 Å². The molecule has 1 aliphatic rings. The summed E-state index contributed by atoms with van der Waals surface area (Å²) in [5.41, 5.74) is 9.64. The predicted octanol–water partition coefficient (Wildman–Crippen LogP) is 15.0. The monoisotopic (exact) mass is 923 g/mol. The number of phenols is 2. The summed E-state index contributed by atoms with van der Waals surface area (Å²) in [6, 6.07) is 67.6. The molecule has 4 N–H and O–H groups in total. The molecular formula is C62H55N2O3Ti+. The Balaban J connectivity index is 0.00000154. The summed E-state index contributed by atoms with van der Waals surface area (Å²) >= 11 is 0. The fourth-order valence-electron chi connectivity index (χ4n) is 10.2. The molecule has 5 nitrogen and oxygen atoms in total. The van der Waals surface area contributed by atoms with Crippen molar-refractivity contribution < 1.29 is 37.0 Å². The fourth-order valence-corrected chi connectivity index (χ4v) is 10.2. The van der Waals surface area contributed by atoms with E-state index in [0.717, 1.165) is 126 Å². The minimum absolute atomic E-state index is 0. The SMILES string of the molecule is CO.Oc1c(C=N[C@@H]2CCCC[C@H]2NCc2cc3ccccc3c(-c3c(-c4ccccc4)ccc4ccccc34)c2O)cc2ccccc2c1-c1c(-c2ccccc2)ccc2ccccc12.[CH3-].[Ti+2]. The summed E-state index contributed by atoms with van der Waals surface area (Å²) in [5, 5.41) is 44.5. The van der Waals surface area contributed by atoms with Gasteiger partial charge in [0.1, 0.15) is 11.5 Å². The standard InChI is InChI=1S/C60H48N2O2.CH4O.CH3.Ti/c63-59-45(35-43-23-9-13-27-49(43)57(59)55-47-25-11-7-21-41(47)31-33-51(55)39-17-3-1-4-18-39)37-61-53-29-15-16-30-54(53)62-38-46-36-44-24-10-14-28-50(44)58(60(46)64)56-48-26-12-8-22-42(48)32-34-52(56)40-19-5-2-6-20-40;1-2;;/h1-14,17-28,31-37,53-54,62-64H,15-16,29-30,38H2;2H,1H3;1H3;/q;;-1;+2/t53-,54-;;;/m1.../s1. The smallest absolute Gasteiger partial charge is 0.507 e. The first-order valence-corrected chi connectivity index (χ1v) is 23.0. The number of rotatable bonds is 9. The molecule has 1 fully saturated rings. The molecule has 0 unspecified atom stereocenters. The number of aromatic hydroxyl groups is 2. The van der Waals surface area contributed by atoms with Gasteiger partial charge in [-0.3, -0.25) is 4.99 Å². The van der Waals surface area contributed by atoms with E-state index >= 15 is 0 Å². The van der Waals surface area contributed by atoms with Gasteiger partial charge in [-0.1, -0.05) is 195 Å². The summed E-state index contributed by atoms with van der Waals surface area (Å²) < 4.78 is 0. The first-order chi connectivity index (χ1) is 32.6. The molecule has 0 aromatic heterocycles. The predicted molar refractivity (Wildman–Crippen MR) is 283 cm³/mol. The van der Waals surface area contributed by atoms with E-state index in [1.807, 2.05) is 24.4 Å². The second kappa shape index (κ2) is 21.4. The number of nitrogens with zero attached hydrogens (tertiary/aromatic N) is 1. The Morgan fingerprint density at radius 1 is 0.485 bits per heavy atom. The van der Waals surface area contributed by atoms with E-state index in [-0.39, 0.29) is 47.0 Å². The maximum absolute atomic E-state index is 12.5. The quantitative estimate of drug-likeness (QED) is 0.0660. The largest absolute Gasteiger partial charge is 2.00 e. The molecule has 0 spiro atoms. The zero-order valence-corrected chi connectivity index (χ0v) is 40.1. The van der Waals surface area contributed by atoms with E-state index in [1.54, 1.807) is 0 Å². The van der Waals surface area contributed by atoms with Crippen LogP contribution < -0.4 is 5.32 Å². The molecular weight excluding hydrogens is 869 g/mol. The molecule has 6 heteroatoms. The van der Waals surface area contributed by atoms with Crippen LogP contribution in [-0.4, -0.2) is 40.7 Å². The van der Waals surface area contributed by atoms with E-state index in [0.29, 0.717) is 17.9 Å². The van der Waals surface area contributed by atoms with Gasteiger partial charge in [-0.2, -0.15) is 0 Å². The van der Waals surface area contributed by atoms with E-state index in [9.17, 15) is 10.2 Å². The van der Waals surface area contributed by atoms with Crippen molar-refractivity contribution in [2.24, 2.45) is 4.99 Å². The van der Waals surface area contributed by atoms with Gasteiger partial charge in [0.2, 0.25) is 0 Å². The molecule has 0 bridgehead atoms. The van der Waals surface area contributed by atoms with Crippen LogP contribution in [-0.2, 0) is 28.3 Å². The zero-order valence-electron chi connectivity index (χ0n) is 38.5. The zero-order chi connectivity index (χ0) is 45.0. The maximum Gasteiger partial charge on any atom is 2.00 e. The van der Waals surface area contributed by atoms with Crippen molar-refractivity contribution in [3.8, 4) is 56.0 Å². The molecule has 0 aliphatic heterocycles. The van der Waals surface area contributed by atoms with Crippen molar-refractivity contribution in [3.05, 3.63) is 213 Å². The molecule has 68 heavy (non-hydrogen) atoms. The van der Waals surface area contributed by atoms with E-state index in [4.69, 9.17) is 10.1 Å². The number of benzene rings is 10. The van der Waals surface area contributed by atoms with E-state index in [1.165, 1.54) is 0 Å². The van der Waals surface area contributed by atoms with Gasteiger partial charge < -0.3 is 28.1 Å². The van der Waals surface area contributed by atoms with Crippen molar-refractivity contribution in [3.63, 3.8) is 0 Å². The van der Waals surface area contributed by atoms with Crippen LogP contribution in [0.4, 0.5) is 0 Å². The number of phenolic OH excluding ortho intramolecular Hbond substituents is 2. The Morgan fingerprint density at radius 3 is 1.44 bits per heavy atom. The van der Waals surface area contributed by atoms with Gasteiger partial charge in [-0.15, -0.1) is 0 Å². The molecule has 0 radical (unpaired) electrons. The number of nitrogens with one attached hydrogen (secondary N) is 1. The minimum atomic E-state index is -0.00896. The molecule has 334 valence electrons. The average molecular weight is 924 g/mol.